The lowest BCUT2D eigenvalue weighted by molar-refractivity contribution is -0.181. The largest absolute Gasteiger partial charge is 0.455 e. The molecular weight excluding hydrogens is 296 g/mol. The Bertz CT molecular complexity index is 441. The summed E-state index contributed by atoms with van der Waals surface area (Å²) >= 11 is 0. The standard InChI is InChI=1S/C18H30O5/c1-9-10(2)12-14(23-16(20)18(6,7)8)13(11(9)21-12)22-15(19)17(3,4)5/h9-14H,1-8H3. The molecule has 6 atom stereocenters. The van der Waals surface area contributed by atoms with Crippen molar-refractivity contribution in [3.63, 3.8) is 0 Å². The van der Waals surface area contributed by atoms with Crippen LogP contribution in [0.1, 0.15) is 55.4 Å². The van der Waals surface area contributed by atoms with Crippen molar-refractivity contribution in [2.75, 3.05) is 0 Å². The molecule has 0 N–H and O–H groups in total. The zero-order chi connectivity index (χ0) is 17.7. The predicted octanol–water partition coefficient (Wildman–Crippen LogP) is 2.96. The van der Waals surface area contributed by atoms with Crippen LogP contribution in [0.5, 0.6) is 0 Å². The molecule has 2 heterocycles. The van der Waals surface area contributed by atoms with Gasteiger partial charge < -0.3 is 14.2 Å². The van der Waals surface area contributed by atoms with E-state index in [1.54, 1.807) is 0 Å². The highest BCUT2D eigenvalue weighted by Crippen LogP contribution is 2.46. The second kappa shape index (κ2) is 5.76. The fourth-order valence-corrected chi connectivity index (χ4v) is 3.02. The van der Waals surface area contributed by atoms with Crippen LogP contribution in [0.25, 0.3) is 0 Å². The zero-order valence-electron chi connectivity index (χ0n) is 15.5. The summed E-state index contributed by atoms with van der Waals surface area (Å²) in [6, 6.07) is 0. The second-order valence-electron chi connectivity index (χ2n) is 9.02. The quantitative estimate of drug-likeness (QED) is 0.730. The van der Waals surface area contributed by atoms with E-state index in [0.717, 1.165) is 0 Å². The van der Waals surface area contributed by atoms with Gasteiger partial charge >= 0.3 is 11.9 Å². The number of carbonyl (C=O) groups is 2. The highest BCUT2D eigenvalue weighted by Gasteiger charge is 2.60. The Labute approximate surface area is 139 Å². The van der Waals surface area contributed by atoms with Crippen molar-refractivity contribution in [3.05, 3.63) is 0 Å². The molecule has 5 heteroatoms. The smallest absolute Gasteiger partial charge is 0.311 e. The Balaban J connectivity index is 2.19. The maximum atomic E-state index is 12.3. The van der Waals surface area contributed by atoms with Crippen LogP contribution < -0.4 is 0 Å². The van der Waals surface area contributed by atoms with Crippen molar-refractivity contribution < 1.29 is 23.8 Å². The Morgan fingerprint density at radius 2 is 1.04 bits per heavy atom. The zero-order valence-corrected chi connectivity index (χ0v) is 15.5. The first-order valence-corrected chi connectivity index (χ1v) is 8.41. The van der Waals surface area contributed by atoms with Crippen LogP contribution in [0.4, 0.5) is 0 Å². The Morgan fingerprint density at radius 3 is 1.30 bits per heavy atom. The van der Waals surface area contributed by atoms with E-state index in [4.69, 9.17) is 14.2 Å². The lowest BCUT2D eigenvalue weighted by Gasteiger charge is -2.36. The van der Waals surface area contributed by atoms with E-state index in [0.29, 0.717) is 0 Å². The van der Waals surface area contributed by atoms with Gasteiger partial charge in [-0.3, -0.25) is 9.59 Å². The second-order valence-corrected chi connectivity index (χ2v) is 9.02. The number of carbonyl (C=O) groups excluding carboxylic acids is 2. The summed E-state index contributed by atoms with van der Waals surface area (Å²) in [5, 5.41) is 0. The Morgan fingerprint density at radius 1 is 0.739 bits per heavy atom. The summed E-state index contributed by atoms with van der Waals surface area (Å²) in [4.78, 5) is 24.6. The molecule has 0 radical (unpaired) electrons. The van der Waals surface area contributed by atoms with Crippen LogP contribution in [-0.4, -0.2) is 36.4 Å². The lowest BCUT2D eigenvalue weighted by atomic mass is 9.78. The van der Waals surface area contributed by atoms with Crippen molar-refractivity contribution in [1.82, 2.24) is 0 Å². The maximum Gasteiger partial charge on any atom is 0.311 e. The fraction of sp³-hybridized carbons (Fsp3) is 0.889. The van der Waals surface area contributed by atoms with E-state index < -0.39 is 23.0 Å². The third-order valence-electron chi connectivity index (χ3n) is 4.86. The van der Waals surface area contributed by atoms with E-state index in [1.807, 2.05) is 41.5 Å². The molecule has 0 amide bonds. The van der Waals surface area contributed by atoms with E-state index in [-0.39, 0.29) is 36.0 Å². The molecule has 0 aromatic heterocycles. The third-order valence-corrected chi connectivity index (χ3v) is 4.86. The average molecular weight is 326 g/mol. The molecule has 0 spiro atoms. The van der Waals surface area contributed by atoms with Crippen molar-refractivity contribution >= 4 is 11.9 Å². The monoisotopic (exact) mass is 326 g/mol. The first-order valence-electron chi connectivity index (χ1n) is 8.41. The summed E-state index contributed by atoms with van der Waals surface area (Å²) < 4.78 is 17.4. The molecule has 0 saturated carbocycles. The summed E-state index contributed by atoms with van der Waals surface area (Å²) in [6.07, 6.45) is -1.47. The van der Waals surface area contributed by atoms with E-state index in [1.165, 1.54) is 0 Å². The molecule has 2 saturated heterocycles. The highest BCUT2D eigenvalue weighted by atomic mass is 16.6. The molecule has 6 unspecified atom stereocenters. The van der Waals surface area contributed by atoms with Crippen molar-refractivity contribution in [1.29, 1.82) is 0 Å². The van der Waals surface area contributed by atoms with Gasteiger partial charge in [-0.2, -0.15) is 0 Å². The van der Waals surface area contributed by atoms with Gasteiger partial charge in [0.1, 0.15) is 12.2 Å². The number of ether oxygens (including phenoxy) is 3. The van der Waals surface area contributed by atoms with Gasteiger partial charge in [-0.05, 0) is 53.4 Å². The van der Waals surface area contributed by atoms with Crippen LogP contribution in [-0.2, 0) is 23.8 Å². The number of rotatable bonds is 2. The molecular formula is C18H30O5. The number of hydrogen-bond donors (Lipinski definition) is 0. The summed E-state index contributed by atoms with van der Waals surface area (Å²) in [6.45, 7) is 15.1. The average Bonchev–Trinajstić information content (AvgIpc) is 2.86. The van der Waals surface area contributed by atoms with Gasteiger partial charge in [-0.15, -0.1) is 0 Å². The highest BCUT2D eigenvalue weighted by molar-refractivity contribution is 5.76. The Hall–Kier alpha value is -1.10. The first-order chi connectivity index (χ1) is 10.3. The fourth-order valence-electron chi connectivity index (χ4n) is 3.02. The van der Waals surface area contributed by atoms with Crippen LogP contribution in [0.3, 0.4) is 0 Å². The van der Waals surface area contributed by atoms with Gasteiger partial charge in [0.2, 0.25) is 0 Å². The Kier molecular flexibility index (Phi) is 4.57. The number of esters is 2. The molecule has 0 aromatic carbocycles. The van der Waals surface area contributed by atoms with E-state index >= 15 is 0 Å². The van der Waals surface area contributed by atoms with Gasteiger partial charge in [0, 0.05) is 0 Å². The van der Waals surface area contributed by atoms with Gasteiger partial charge in [0.25, 0.3) is 0 Å². The number of hydrogen-bond acceptors (Lipinski definition) is 5. The van der Waals surface area contributed by atoms with Crippen LogP contribution in [0.15, 0.2) is 0 Å². The molecule has 2 bridgehead atoms. The first kappa shape index (κ1) is 18.2. The van der Waals surface area contributed by atoms with Gasteiger partial charge in [-0.1, -0.05) is 13.8 Å². The maximum absolute atomic E-state index is 12.3. The molecule has 0 aliphatic carbocycles. The molecule has 0 aromatic rings. The molecule has 132 valence electrons. The summed E-state index contributed by atoms with van der Waals surface area (Å²) in [5.74, 6) is -0.0599. The van der Waals surface area contributed by atoms with E-state index in [9.17, 15) is 9.59 Å². The van der Waals surface area contributed by atoms with Crippen molar-refractivity contribution in [2.24, 2.45) is 22.7 Å². The molecule has 2 fully saturated rings. The summed E-state index contributed by atoms with van der Waals surface area (Å²) in [5.41, 5.74) is -1.20. The van der Waals surface area contributed by atoms with Crippen LogP contribution in [0.2, 0.25) is 0 Å². The molecule has 2 aliphatic rings. The van der Waals surface area contributed by atoms with Crippen LogP contribution >= 0.6 is 0 Å². The van der Waals surface area contributed by atoms with Crippen molar-refractivity contribution in [2.45, 2.75) is 79.8 Å². The molecule has 2 aliphatic heterocycles. The topological polar surface area (TPSA) is 61.8 Å². The number of fused-ring (bicyclic) bond motifs is 2. The molecule has 23 heavy (non-hydrogen) atoms. The van der Waals surface area contributed by atoms with Crippen molar-refractivity contribution in [3.8, 4) is 0 Å². The lowest BCUT2D eigenvalue weighted by Crippen LogP contribution is -2.51. The normalized spacial score (nSPS) is 36.9. The minimum Gasteiger partial charge on any atom is -0.455 e. The minimum atomic E-state index is -0.602. The predicted molar refractivity (Wildman–Crippen MR) is 85.7 cm³/mol. The van der Waals surface area contributed by atoms with Gasteiger partial charge in [0.05, 0.1) is 10.8 Å². The van der Waals surface area contributed by atoms with E-state index in [2.05, 4.69) is 13.8 Å². The van der Waals surface area contributed by atoms with Gasteiger partial charge in [0.15, 0.2) is 12.2 Å². The molecule has 2 rings (SSSR count). The SMILES string of the molecule is CC1C(C)C2OC1C(OC(=O)C(C)(C)C)C2OC(=O)C(C)(C)C. The summed E-state index contributed by atoms with van der Waals surface area (Å²) in [7, 11) is 0. The van der Waals surface area contributed by atoms with Gasteiger partial charge in [-0.25, -0.2) is 0 Å². The third kappa shape index (κ3) is 3.39. The molecule has 5 nitrogen and oxygen atoms in total. The minimum absolute atomic E-state index is 0.209. The van der Waals surface area contributed by atoms with Crippen LogP contribution in [0, 0.1) is 22.7 Å².